The Morgan fingerprint density at radius 3 is 2.18 bits per heavy atom. The number of aromatic nitrogens is 1. The Hall–Kier alpha value is -2.94. The fraction of sp³-hybridized carbons (Fsp3) is 0.320. The minimum absolute atomic E-state index is 0.0646. The summed E-state index contributed by atoms with van der Waals surface area (Å²) in [5.41, 5.74) is 5.74. The second-order valence-electron chi connectivity index (χ2n) is 8.68. The summed E-state index contributed by atoms with van der Waals surface area (Å²) in [6, 6.07) is 16.8. The number of hydrogen-bond acceptors (Lipinski definition) is 5. The van der Waals surface area contributed by atoms with Crippen molar-refractivity contribution in [2.45, 2.75) is 25.7 Å². The lowest BCUT2D eigenvalue weighted by atomic mass is 10.1. The highest BCUT2D eigenvalue weighted by molar-refractivity contribution is 7.89. The standard InChI is InChI=1S/C25H30N4O3S/c1-18-5-4-6-22(15-18)28-13-11-27(12-14-28)17-25(30)24-16-19(2)29(20(24)3)21-7-9-23(10-8-21)33(26,31)32/h4-10,15-16H,11-14,17H2,1-3H3,(H2,26,31,32). The molecule has 0 saturated carbocycles. The second-order valence-corrected chi connectivity index (χ2v) is 10.2. The molecule has 1 saturated heterocycles. The summed E-state index contributed by atoms with van der Waals surface area (Å²) in [5, 5.41) is 5.20. The second kappa shape index (κ2) is 9.13. The van der Waals surface area contributed by atoms with Crippen molar-refractivity contribution in [3.63, 3.8) is 0 Å². The number of rotatable bonds is 6. The molecule has 8 heteroatoms. The largest absolute Gasteiger partial charge is 0.369 e. The first-order valence-corrected chi connectivity index (χ1v) is 12.6. The number of Topliss-reactive ketones (excluding diaryl/α,β-unsaturated/α-hetero) is 1. The van der Waals surface area contributed by atoms with E-state index in [1.807, 2.05) is 24.5 Å². The number of aryl methyl sites for hydroxylation is 2. The van der Waals surface area contributed by atoms with Crippen LogP contribution in [0.4, 0.5) is 5.69 Å². The SMILES string of the molecule is Cc1cccc(N2CCN(CC(=O)c3cc(C)n(-c4ccc(S(N)(=O)=O)cc4)c3C)CC2)c1. The number of piperazine rings is 1. The van der Waals surface area contributed by atoms with Gasteiger partial charge in [-0.15, -0.1) is 0 Å². The molecule has 3 aromatic rings. The quantitative estimate of drug-likeness (QED) is 0.564. The summed E-state index contributed by atoms with van der Waals surface area (Å²) in [7, 11) is -3.74. The van der Waals surface area contributed by atoms with Crippen LogP contribution in [0.2, 0.25) is 0 Å². The van der Waals surface area contributed by atoms with E-state index < -0.39 is 10.0 Å². The van der Waals surface area contributed by atoms with Gasteiger partial charge in [0.15, 0.2) is 5.78 Å². The summed E-state index contributed by atoms with van der Waals surface area (Å²) < 4.78 is 25.0. The first-order chi connectivity index (χ1) is 15.6. The molecular weight excluding hydrogens is 436 g/mol. The number of sulfonamides is 1. The molecule has 33 heavy (non-hydrogen) atoms. The van der Waals surface area contributed by atoms with Crippen molar-refractivity contribution < 1.29 is 13.2 Å². The number of nitrogens with zero attached hydrogens (tertiary/aromatic N) is 3. The maximum Gasteiger partial charge on any atom is 0.238 e. The van der Waals surface area contributed by atoms with E-state index in [4.69, 9.17) is 5.14 Å². The average molecular weight is 467 g/mol. The summed E-state index contributed by atoms with van der Waals surface area (Å²) in [4.78, 5) is 17.8. The Bertz CT molecular complexity index is 1270. The maximum absolute atomic E-state index is 13.1. The van der Waals surface area contributed by atoms with Crippen LogP contribution in [0, 0.1) is 20.8 Å². The van der Waals surface area contributed by atoms with Gasteiger partial charge in [-0.1, -0.05) is 12.1 Å². The molecule has 2 N–H and O–H groups in total. The van der Waals surface area contributed by atoms with Gasteiger partial charge in [-0.2, -0.15) is 0 Å². The van der Waals surface area contributed by atoms with Crippen LogP contribution < -0.4 is 10.0 Å². The zero-order chi connectivity index (χ0) is 23.8. The van der Waals surface area contributed by atoms with Crippen LogP contribution in [-0.4, -0.2) is 56.4 Å². The number of carbonyl (C=O) groups is 1. The Balaban J connectivity index is 1.44. The average Bonchev–Trinajstić information content (AvgIpc) is 3.08. The molecule has 0 radical (unpaired) electrons. The number of benzene rings is 2. The van der Waals surface area contributed by atoms with Crippen LogP contribution in [0.3, 0.4) is 0 Å². The van der Waals surface area contributed by atoms with E-state index in [2.05, 4.69) is 41.0 Å². The van der Waals surface area contributed by atoms with Crippen LogP contribution in [0.5, 0.6) is 0 Å². The normalized spacial score (nSPS) is 15.1. The van der Waals surface area contributed by atoms with E-state index in [9.17, 15) is 13.2 Å². The molecule has 4 rings (SSSR count). The monoisotopic (exact) mass is 466 g/mol. The lowest BCUT2D eigenvalue weighted by Crippen LogP contribution is -2.48. The number of primary sulfonamides is 1. The van der Waals surface area contributed by atoms with Crippen molar-refractivity contribution in [2.24, 2.45) is 5.14 Å². The molecule has 0 spiro atoms. The summed E-state index contributed by atoms with van der Waals surface area (Å²) in [6.45, 7) is 9.82. The van der Waals surface area contributed by atoms with Crippen LogP contribution in [0.1, 0.15) is 27.3 Å². The third kappa shape index (κ3) is 5.03. The fourth-order valence-electron chi connectivity index (χ4n) is 4.50. The van der Waals surface area contributed by atoms with Gasteiger partial charge in [-0.05, 0) is 68.8 Å². The van der Waals surface area contributed by atoms with Crippen molar-refractivity contribution in [1.29, 1.82) is 0 Å². The van der Waals surface area contributed by atoms with Crippen LogP contribution in [-0.2, 0) is 10.0 Å². The van der Waals surface area contributed by atoms with Crippen molar-refractivity contribution in [1.82, 2.24) is 9.47 Å². The van der Waals surface area contributed by atoms with Crippen LogP contribution >= 0.6 is 0 Å². The molecule has 1 fully saturated rings. The molecule has 2 heterocycles. The van der Waals surface area contributed by atoms with Gasteiger partial charge in [0, 0.05) is 54.5 Å². The zero-order valence-electron chi connectivity index (χ0n) is 19.3. The smallest absolute Gasteiger partial charge is 0.238 e. The summed E-state index contributed by atoms with van der Waals surface area (Å²) in [5.74, 6) is 0.0968. The molecule has 0 atom stereocenters. The number of nitrogens with two attached hydrogens (primary N) is 1. The highest BCUT2D eigenvalue weighted by atomic mass is 32.2. The van der Waals surface area contributed by atoms with E-state index in [-0.39, 0.29) is 10.7 Å². The molecule has 1 aliphatic rings. The van der Waals surface area contributed by atoms with Gasteiger partial charge in [0.25, 0.3) is 0 Å². The number of hydrogen-bond donors (Lipinski definition) is 1. The van der Waals surface area contributed by atoms with Crippen molar-refractivity contribution in [3.05, 3.63) is 77.1 Å². The Morgan fingerprint density at radius 1 is 0.909 bits per heavy atom. The van der Waals surface area contributed by atoms with Gasteiger partial charge in [0.2, 0.25) is 10.0 Å². The molecule has 7 nitrogen and oxygen atoms in total. The maximum atomic E-state index is 13.1. The van der Waals surface area contributed by atoms with Crippen molar-refractivity contribution in [2.75, 3.05) is 37.6 Å². The first kappa shape index (κ1) is 23.2. The molecule has 0 unspecified atom stereocenters. The zero-order valence-corrected chi connectivity index (χ0v) is 20.1. The fourth-order valence-corrected chi connectivity index (χ4v) is 5.02. The third-order valence-electron chi connectivity index (χ3n) is 6.26. The highest BCUT2D eigenvalue weighted by Crippen LogP contribution is 2.23. The van der Waals surface area contributed by atoms with E-state index >= 15 is 0 Å². The van der Waals surface area contributed by atoms with Crippen molar-refractivity contribution >= 4 is 21.5 Å². The molecule has 0 amide bonds. The predicted molar refractivity (Wildman–Crippen MR) is 131 cm³/mol. The van der Waals surface area contributed by atoms with E-state index in [1.54, 1.807) is 12.1 Å². The summed E-state index contributed by atoms with van der Waals surface area (Å²) in [6.07, 6.45) is 0. The Kier molecular flexibility index (Phi) is 6.43. The van der Waals surface area contributed by atoms with Crippen LogP contribution in [0.15, 0.2) is 59.5 Å². The van der Waals surface area contributed by atoms with Crippen LogP contribution in [0.25, 0.3) is 5.69 Å². The molecule has 2 aromatic carbocycles. The van der Waals surface area contributed by atoms with Gasteiger partial charge in [0.05, 0.1) is 11.4 Å². The van der Waals surface area contributed by atoms with E-state index in [0.29, 0.717) is 12.1 Å². The van der Waals surface area contributed by atoms with Gasteiger partial charge in [-0.3, -0.25) is 9.69 Å². The molecule has 174 valence electrons. The number of ketones is 1. The number of anilines is 1. The first-order valence-electron chi connectivity index (χ1n) is 11.0. The third-order valence-corrected chi connectivity index (χ3v) is 7.19. The van der Waals surface area contributed by atoms with Gasteiger partial charge < -0.3 is 9.47 Å². The molecule has 0 bridgehead atoms. The van der Waals surface area contributed by atoms with Gasteiger partial charge in [-0.25, -0.2) is 13.6 Å². The lowest BCUT2D eigenvalue weighted by Gasteiger charge is -2.35. The topological polar surface area (TPSA) is 88.6 Å². The minimum atomic E-state index is -3.74. The van der Waals surface area contributed by atoms with Gasteiger partial charge in [0.1, 0.15) is 0 Å². The summed E-state index contributed by atoms with van der Waals surface area (Å²) >= 11 is 0. The molecule has 1 aliphatic heterocycles. The molecule has 0 aliphatic carbocycles. The van der Waals surface area contributed by atoms with Crippen molar-refractivity contribution in [3.8, 4) is 5.69 Å². The lowest BCUT2D eigenvalue weighted by molar-refractivity contribution is 0.0926. The minimum Gasteiger partial charge on any atom is -0.369 e. The van der Waals surface area contributed by atoms with Gasteiger partial charge >= 0.3 is 0 Å². The molecule has 1 aromatic heterocycles. The highest BCUT2D eigenvalue weighted by Gasteiger charge is 2.23. The van der Waals surface area contributed by atoms with E-state index in [1.165, 1.54) is 23.4 Å². The Morgan fingerprint density at radius 2 is 1.58 bits per heavy atom. The predicted octanol–water partition coefficient (Wildman–Crippen LogP) is 3.05. The van der Waals surface area contributed by atoms with E-state index in [0.717, 1.165) is 43.3 Å². The Labute approximate surface area is 195 Å². The number of carbonyl (C=O) groups excluding carboxylic acids is 1. The molecular formula is C25H30N4O3S.